The summed E-state index contributed by atoms with van der Waals surface area (Å²) in [6.45, 7) is 12.1. The number of ether oxygens (including phenoxy) is 1. The number of hydrogen-bond acceptors (Lipinski definition) is 3. The van der Waals surface area contributed by atoms with E-state index in [4.69, 9.17) is 9.16 Å². The maximum absolute atomic E-state index is 14.3. The van der Waals surface area contributed by atoms with Crippen LogP contribution in [0, 0.1) is 11.6 Å². The molecule has 0 heterocycles. The van der Waals surface area contributed by atoms with Crippen LogP contribution in [0.2, 0.25) is 17.9 Å². The van der Waals surface area contributed by atoms with Crippen molar-refractivity contribution in [3.63, 3.8) is 0 Å². The molecule has 0 aliphatic heterocycles. The van der Waals surface area contributed by atoms with Crippen LogP contribution in [0.15, 0.2) is 109 Å². The summed E-state index contributed by atoms with van der Waals surface area (Å²) in [5.41, 5.74) is -0.664. The van der Waals surface area contributed by atoms with Gasteiger partial charge in [-0.3, -0.25) is 0 Å². The average Bonchev–Trinajstić information content (AvgIpc) is 2.95. The Morgan fingerprint density at radius 2 is 1.17 bits per heavy atom. The van der Waals surface area contributed by atoms with Gasteiger partial charge < -0.3 is 0 Å². The third kappa shape index (κ3) is 7.18. The summed E-state index contributed by atoms with van der Waals surface area (Å²) >= 11 is -0.298. The predicted molar refractivity (Wildman–Crippen MR) is 173 cm³/mol. The fourth-order valence-corrected chi connectivity index (χ4v) is 21.8. The van der Waals surface area contributed by atoms with Crippen LogP contribution in [0.1, 0.15) is 27.7 Å². The third-order valence-electron chi connectivity index (χ3n) is 7.31. The molecule has 220 valence electrons. The van der Waals surface area contributed by atoms with E-state index in [9.17, 15) is 13.6 Å². The molecule has 2 atom stereocenters. The molecular formula is C34H38F2O3SeSi2. The first-order valence-corrected chi connectivity index (χ1v) is 21.8. The number of carbonyl (C=O) groups is 1. The summed E-state index contributed by atoms with van der Waals surface area (Å²) < 4.78 is 43.1. The molecule has 8 heteroatoms. The van der Waals surface area contributed by atoms with Crippen molar-refractivity contribution in [2.75, 3.05) is 0 Å². The van der Waals surface area contributed by atoms with E-state index >= 15 is 0 Å². The van der Waals surface area contributed by atoms with E-state index < -0.39 is 31.9 Å². The molecule has 0 bridgehead atoms. The predicted octanol–water partition coefficient (Wildman–Crippen LogP) is 5.28. The van der Waals surface area contributed by atoms with Gasteiger partial charge in [-0.25, -0.2) is 0 Å². The molecule has 0 radical (unpaired) electrons. The van der Waals surface area contributed by atoms with Crippen LogP contribution >= 0.6 is 0 Å². The molecule has 0 amide bonds. The van der Waals surface area contributed by atoms with Gasteiger partial charge in [0, 0.05) is 0 Å². The zero-order valence-corrected chi connectivity index (χ0v) is 28.6. The number of carbonyl (C=O) groups excluding carboxylic acids is 1. The van der Waals surface area contributed by atoms with Crippen LogP contribution < -0.4 is 20.0 Å². The van der Waals surface area contributed by atoms with Crippen LogP contribution in [0.3, 0.4) is 0 Å². The van der Waals surface area contributed by atoms with Crippen molar-refractivity contribution < 1.29 is 22.7 Å². The quantitative estimate of drug-likeness (QED) is 0.171. The number of rotatable bonds is 10. The second-order valence-corrected chi connectivity index (χ2v) is 26.9. The number of hydrogen-bond donors (Lipinski definition) is 0. The van der Waals surface area contributed by atoms with Crippen LogP contribution in [0.25, 0.3) is 0 Å². The Hall–Kier alpha value is -2.88. The van der Waals surface area contributed by atoms with Gasteiger partial charge in [-0.05, 0) is 0 Å². The van der Waals surface area contributed by atoms with E-state index in [1.165, 1.54) is 29.5 Å². The van der Waals surface area contributed by atoms with E-state index in [0.717, 1.165) is 14.8 Å². The summed E-state index contributed by atoms with van der Waals surface area (Å²) in [5.74, 6) is -0.988. The van der Waals surface area contributed by atoms with Gasteiger partial charge in [-0.1, -0.05) is 0 Å². The van der Waals surface area contributed by atoms with Gasteiger partial charge in [0.1, 0.15) is 0 Å². The van der Waals surface area contributed by atoms with Crippen LogP contribution in [0.4, 0.5) is 8.78 Å². The zero-order valence-electron chi connectivity index (χ0n) is 24.9. The molecule has 0 aromatic heterocycles. The van der Waals surface area contributed by atoms with Crippen molar-refractivity contribution in [2.45, 2.75) is 57.3 Å². The van der Waals surface area contributed by atoms with Crippen molar-refractivity contribution >= 4 is 56.4 Å². The summed E-state index contributed by atoms with van der Waals surface area (Å²) in [7, 11) is -5.93. The summed E-state index contributed by atoms with van der Waals surface area (Å²) in [6.07, 6.45) is -0.544. The molecule has 4 rings (SSSR count). The fraction of sp³-hybridized carbons (Fsp3) is 0.265. The minimum atomic E-state index is -3.30. The first-order chi connectivity index (χ1) is 19.8. The molecule has 0 aliphatic rings. The molecule has 3 nitrogen and oxygen atoms in total. The Morgan fingerprint density at radius 1 is 0.714 bits per heavy atom. The van der Waals surface area contributed by atoms with E-state index in [1.54, 1.807) is 24.3 Å². The second kappa shape index (κ2) is 13.2. The minimum absolute atomic E-state index is 0.298. The first kappa shape index (κ1) is 32.0. The molecule has 0 spiro atoms. The number of benzene rings is 4. The van der Waals surface area contributed by atoms with Gasteiger partial charge in [0.15, 0.2) is 0 Å². The molecular weight excluding hydrogens is 629 g/mol. The maximum atomic E-state index is 14.3. The van der Waals surface area contributed by atoms with Gasteiger partial charge in [0.05, 0.1) is 0 Å². The Balaban J connectivity index is 1.93. The first-order valence-electron chi connectivity index (χ1n) is 14.0. The van der Waals surface area contributed by atoms with Crippen LogP contribution in [-0.4, -0.2) is 48.1 Å². The normalized spacial score (nSPS) is 13.8. The van der Waals surface area contributed by atoms with Gasteiger partial charge in [-0.15, -0.1) is 0 Å². The number of esters is 1. The topological polar surface area (TPSA) is 35.5 Å². The fourth-order valence-electron chi connectivity index (χ4n) is 5.28. The molecule has 1 unspecified atom stereocenters. The van der Waals surface area contributed by atoms with Crippen molar-refractivity contribution in [3.8, 4) is 0 Å². The van der Waals surface area contributed by atoms with Crippen LogP contribution in [-0.2, 0) is 14.0 Å². The molecule has 4 aromatic carbocycles. The van der Waals surface area contributed by atoms with Gasteiger partial charge in [-0.2, -0.15) is 0 Å². The Bertz CT molecular complexity index is 1410. The van der Waals surface area contributed by atoms with E-state index in [1.807, 2.05) is 76.2 Å². The van der Waals surface area contributed by atoms with Crippen LogP contribution in [0.5, 0.6) is 0 Å². The summed E-state index contributed by atoms with van der Waals surface area (Å²) in [4.78, 5) is 13.3. The van der Waals surface area contributed by atoms with Gasteiger partial charge in [0.2, 0.25) is 0 Å². The molecule has 0 fully saturated rings. The van der Waals surface area contributed by atoms with Crippen molar-refractivity contribution in [1.29, 1.82) is 0 Å². The van der Waals surface area contributed by atoms with Gasteiger partial charge in [0.25, 0.3) is 0 Å². The van der Waals surface area contributed by atoms with Gasteiger partial charge >= 0.3 is 257 Å². The summed E-state index contributed by atoms with van der Waals surface area (Å²) in [5, 5.41) is 2.94. The molecule has 0 saturated heterocycles. The number of halogens is 2. The Labute approximate surface area is 256 Å². The SMILES string of the molecule is C[C@@H](O[Si](c1ccc(F)cc1)(c1ccc(F)cc1)[Si](C)(C)c1ccccc1)C([Se]c1ccccc1)C(=O)OC(C)(C)C. The van der Waals surface area contributed by atoms with Crippen molar-refractivity contribution in [1.82, 2.24) is 0 Å². The van der Waals surface area contributed by atoms with Crippen molar-refractivity contribution in [2.24, 2.45) is 0 Å². The Morgan fingerprint density at radius 3 is 1.62 bits per heavy atom. The second-order valence-electron chi connectivity index (χ2n) is 11.9. The third-order valence-corrected chi connectivity index (χ3v) is 25.0. The molecule has 42 heavy (non-hydrogen) atoms. The van der Waals surface area contributed by atoms with E-state index in [0.29, 0.717) is 0 Å². The average molecular weight is 668 g/mol. The van der Waals surface area contributed by atoms with E-state index in [2.05, 4.69) is 25.2 Å². The Kier molecular flexibility index (Phi) is 10.1. The monoisotopic (exact) mass is 668 g/mol. The zero-order chi connectivity index (χ0) is 30.5. The van der Waals surface area contributed by atoms with Crippen molar-refractivity contribution in [3.05, 3.63) is 121 Å². The summed E-state index contributed by atoms with van der Waals surface area (Å²) in [6, 6.07) is 33.3. The standard InChI is InChI=1S/C34H38F2O3SeSi2/c1-25(32(33(37)38-34(2,3)4)40-28-13-9-7-10-14-28)39-42(30-21-17-26(35)18-22-30,31-23-19-27(36)20-24-31)41(5,6)29-15-11-8-12-16-29/h7-25,32H,1-6H3/t25-,32?/m1/s1. The van der Waals surface area contributed by atoms with E-state index in [-0.39, 0.29) is 32.6 Å². The molecule has 0 aliphatic carbocycles. The molecule has 4 aromatic rings. The molecule has 0 saturated carbocycles. The molecule has 0 N–H and O–H groups in total.